The molecule has 1 amide bonds. The Labute approximate surface area is 126 Å². The molecule has 0 spiro atoms. The molecule has 0 aliphatic rings. The molecule has 0 atom stereocenters. The summed E-state index contributed by atoms with van der Waals surface area (Å²) in [5.74, 6) is -0.198. The number of hydrogen-bond acceptors (Lipinski definition) is 3. The van der Waals surface area contributed by atoms with E-state index in [2.05, 4.69) is 10.5 Å². The summed E-state index contributed by atoms with van der Waals surface area (Å²) >= 11 is 1.55. The van der Waals surface area contributed by atoms with Crippen molar-refractivity contribution >= 4 is 27.5 Å². The molecule has 0 fully saturated rings. The van der Waals surface area contributed by atoms with Crippen LogP contribution in [0.25, 0.3) is 10.2 Å². The van der Waals surface area contributed by atoms with E-state index in [9.17, 15) is 4.79 Å². The van der Waals surface area contributed by atoms with Gasteiger partial charge in [-0.25, -0.2) is 5.43 Å². The molecule has 2 aromatic carbocycles. The number of carbonyl (C=O) groups excluding carboxylic acids is 1. The molecule has 3 rings (SSSR count). The topological polar surface area (TPSA) is 46.4 Å². The maximum absolute atomic E-state index is 12.1. The Morgan fingerprint density at radius 2 is 2.00 bits per heavy atom. The average molecular weight is 297 g/mol. The van der Waals surface area contributed by atoms with E-state index in [0.717, 1.165) is 20.6 Å². The second kappa shape index (κ2) is 5.54. The van der Waals surface area contributed by atoms with Gasteiger partial charge in [0.05, 0.1) is 10.2 Å². The van der Waals surface area contributed by atoms with Crippen molar-refractivity contribution in [3.05, 3.63) is 64.5 Å². The average Bonchev–Trinajstić information content (AvgIpc) is 2.82. The van der Waals surface area contributed by atoms with E-state index in [4.69, 9.17) is 0 Å². The minimum atomic E-state index is -0.198. The minimum Gasteiger partial charge on any atom is -0.318 e. The van der Waals surface area contributed by atoms with E-state index in [-0.39, 0.29) is 5.91 Å². The van der Waals surface area contributed by atoms with E-state index < -0.39 is 0 Å². The van der Waals surface area contributed by atoms with Gasteiger partial charge in [0.1, 0.15) is 0 Å². The molecule has 0 saturated heterocycles. The SMILES string of the molecule is Cc1cccc(C(=O)N/N=c2\sc3ccccc3n2C)c1. The zero-order valence-electron chi connectivity index (χ0n) is 11.8. The molecule has 0 unspecified atom stereocenters. The zero-order valence-corrected chi connectivity index (χ0v) is 12.6. The van der Waals surface area contributed by atoms with Gasteiger partial charge >= 0.3 is 0 Å². The van der Waals surface area contributed by atoms with Gasteiger partial charge in [0, 0.05) is 12.6 Å². The van der Waals surface area contributed by atoms with Crippen molar-refractivity contribution in [3.8, 4) is 0 Å². The highest BCUT2D eigenvalue weighted by atomic mass is 32.1. The molecule has 0 saturated carbocycles. The number of amides is 1. The number of para-hydroxylation sites is 1. The molecule has 5 heteroatoms. The monoisotopic (exact) mass is 297 g/mol. The van der Waals surface area contributed by atoms with Gasteiger partial charge in [-0.3, -0.25) is 4.79 Å². The summed E-state index contributed by atoms with van der Waals surface area (Å²) in [5.41, 5.74) is 5.39. The van der Waals surface area contributed by atoms with Gasteiger partial charge in [0.25, 0.3) is 5.91 Å². The molecule has 106 valence electrons. The van der Waals surface area contributed by atoms with Gasteiger partial charge in [0.15, 0.2) is 0 Å². The second-order valence-corrected chi connectivity index (χ2v) is 5.84. The number of benzene rings is 2. The standard InChI is InChI=1S/C16H15N3OS/c1-11-6-5-7-12(10-11)15(20)17-18-16-19(2)13-8-3-4-9-14(13)21-16/h3-10H,1-2H3,(H,17,20)/b18-16-. The third kappa shape index (κ3) is 2.73. The number of aromatic nitrogens is 1. The van der Waals surface area contributed by atoms with Crippen LogP contribution in [0.15, 0.2) is 53.6 Å². The fourth-order valence-corrected chi connectivity index (χ4v) is 3.12. The van der Waals surface area contributed by atoms with Gasteiger partial charge in [-0.1, -0.05) is 41.2 Å². The van der Waals surface area contributed by atoms with Crippen molar-refractivity contribution in [2.45, 2.75) is 6.92 Å². The van der Waals surface area contributed by atoms with Crippen LogP contribution in [0.5, 0.6) is 0 Å². The molecule has 4 nitrogen and oxygen atoms in total. The number of nitrogens with zero attached hydrogens (tertiary/aromatic N) is 2. The first-order valence-corrected chi connectivity index (χ1v) is 7.42. The van der Waals surface area contributed by atoms with Crippen LogP contribution in [0.3, 0.4) is 0 Å². The summed E-state index contributed by atoms with van der Waals surface area (Å²) in [7, 11) is 1.94. The first kappa shape index (κ1) is 13.6. The number of hydrogen-bond donors (Lipinski definition) is 1. The van der Waals surface area contributed by atoms with E-state index in [0.29, 0.717) is 5.56 Å². The third-order valence-corrected chi connectivity index (χ3v) is 4.36. The molecule has 3 aromatic rings. The van der Waals surface area contributed by atoms with Crippen molar-refractivity contribution in [2.75, 3.05) is 0 Å². The van der Waals surface area contributed by atoms with Crippen molar-refractivity contribution in [3.63, 3.8) is 0 Å². The summed E-state index contributed by atoms with van der Waals surface area (Å²) in [6, 6.07) is 15.5. The molecular formula is C16H15N3OS. The molecule has 0 aliphatic heterocycles. The highest BCUT2D eigenvalue weighted by Crippen LogP contribution is 2.14. The summed E-state index contributed by atoms with van der Waals surface area (Å²) in [6.07, 6.45) is 0. The lowest BCUT2D eigenvalue weighted by Gasteiger charge is -2.00. The molecular weight excluding hydrogens is 282 g/mol. The second-order valence-electron chi connectivity index (χ2n) is 4.83. The van der Waals surface area contributed by atoms with Crippen LogP contribution in [0.1, 0.15) is 15.9 Å². The maximum Gasteiger partial charge on any atom is 0.271 e. The number of thiazole rings is 1. The lowest BCUT2D eigenvalue weighted by molar-refractivity contribution is 0.0953. The molecule has 0 aliphatic carbocycles. The highest BCUT2D eigenvalue weighted by Gasteiger charge is 2.05. The first-order chi connectivity index (χ1) is 10.1. The Balaban J connectivity index is 1.91. The predicted molar refractivity (Wildman–Crippen MR) is 85.0 cm³/mol. The van der Waals surface area contributed by atoms with Crippen molar-refractivity contribution in [1.29, 1.82) is 0 Å². The molecule has 1 heterocycles. The van der Waals surface area contributed by atoms with Crippen LogP contribution < -0.4 is 10.2 Å². The van der Waals surface area contributed by atoms with Gasteiger partial charge in [-0.2, -0.15) is 0 Å². The largest absolute Gasteiger partial charge is 0.318 e. The van der Waals surface area contributed by atoms with Crippen molar-refractivity contribution in [1.82, 2.24) is 9.99 Å². The van der Waals surface area contributed by atoms with Gasteiger partial charge < -0.3 is 4.57 Å². The summed E-state index contributed by atoms with van der Waals surface area (Å²) in [5, 5.41) is 4.23. The number of carbonyl (C=O) groups is 1. The fraction of sp³-hybridized carbons (Fsp3) is 0.125. The number of nitrogens with one attached hydrogen (secondary N) is 1. The van der Waals surface area contributed by atoms with Crippen LogP contribution in [0.2, 0.25) is 0 Å². The highest BCUT2D eigenvalue weighted by molar-refractivity contribution is 7.16. The smallest absolute Gasteiger partial charge is 0.271 e. The summed E-state index contributed by atoms with van der Waals surface area (Å²) < 4.78 is 3.11. The number of fused-ring (bicyclic) bond motifs is 1. The van der Waals surface area contributed by atoms with Gasteiger partial charge in [-0.05, 0) is 31.2 Å². The lowest BCUT2D eigenvalue weighted by atomic mass is 10.1. The third-order valence-electron chi connectivity index (χ3n) is 3.25. The van der Waals surface area contributed by atoms with Crippen LogP contribution in [-0.2, 0) is 7.05 Å². The Morgan fingerprint density at radius 1 is 1.19 bits per heavy atom. The summed E-state index contributed by atoms with van der Waals surface area (Å²) in [4.78, 5) is 12.8. The van der Waals surface area contributed by atoms with E-state index in [1.807, 2.05) is 61.0 Å². The van der Waals surface area contributed by atoms with Crippen molar-refractivity contribution in [2.24, 2.45) is 12.1 Å². The molecule has 1 aromatic heterocycles. The maximum atomic E-state index is 12.1. The zero-order chi connectivity index (χ0) is 14.8. The normalized spacial score (nSPS) is 11.8. The van der Waals surface area contributed by atoms with Crippen LogP contribution in [0, 0.1) is 6.92 Å². The Kier molecular flexibility index (Phi) is 3.58. The fourth-order valence-electron chi connectivity index (χ4n) is 2.14. The van der Waals surface area contributed by atoms with Crippen LogP contribution in [0.4, 0.5) is 0 Å². The van der Waals surface area contributed by atoms with Crippen LogP contribution in [-0.4, -0.2) is 10.5 Å². The van der Waals surface area contributed by atoms with E-state index >= 15 is 0 Å². The molecule has 0 bridgehead atoms. The first-order valence-electron chi connectivity index (χ1n) is 6.60. The summed E-state index contributed by atoms with van der Waals surface area (Å²) in [6.45, 7) is 1.96. The Hall–Kier alpha value is -2.40. The number of rotatable bonds is 2. The van der Waals surface area contributed by atoms with E-state index in [1.165, 1.54) is 0 Å². The Morgan fingerprint density at radius 3 is 2.76 bits per heavy atom. The van der Waals surface area contributed by atoms with Crippen molar-refractivity contribution < 1.29 is 4.79 Å². The number of aryl methyl sites for hydroxylation is 2. The van der Waals surface area contributed by atoms with Gasteiger partial charge in [0.2, 0.25) is 4.80 Å². The van der Waals surface area contributed by atoms with E-state index in [1.54, 1.807) is 17.4 Å². The lowest BCUT2D eigenvalue weighted by Crippen LogP contribution is -2.23. The van der Waals surface area contributed by atoms with Gasteiger partial charge in [-0.15, -0.1) is 5.10 Å². The molecule has 1 N–H and O–H groups in total. The predicted octanol–water partition coefficient (Wildman–Crippen LogP) is 2.79. The molecule has 0 radical (unpaired) electrons. The quantitative estimate of drug-likeness (QED) is 0.726. The minimum absolute atomic E-state index is 0.198. The molecule has 21 heavy (non-hydrogen) atoms. The Bertz CT molecular complexity index is 876. The van der Waals surface area contributed by atoms with Crippen LogP contribution >= 0.6 is 11.3 Å².